The highest BCUT2D eigenvalue weighted by atomic mass is 32.2. The molecule has 110 valence electrons. The average Bonchev–Trinajstić information content (AvgIpc) is 3.12. The van der Waals surface area contributed by atoms with Gasteiger partial charge in [0.05, 0.1) is 6.04 Å². The molecule has 0 aliphatic rings. The van der Waals surface area contributed by atoms with Gasteiger partial charge in [-0.25, -0.2) is 14.6 Å². The van der Waals surface area contributed by atoms with Crippen molar-refractivity contribution in [2.75, 3.05) is 0 Å². The fourth-order valence-corrected chi connectivity index (χ4v) is 3.16. The number of benzene rings is 1. The zero-order valence-electron chi connectivity index (χ0n) is 12.0. The molecule has 0 atom stereocenters. The second-order valence-corrected chi connectivity index (χ2v) is 6.01. The van der Waals surface area contributed by atoms with Crippen LogP contribution in [-0.4, -0.2) is 30.2 Å². The van der Waals surface area contributed by atoms with E-state index in [2.05, 4.69) is 25.5 Å². The smallest absolute Gasteiger partial charge is 0.215 e. The van der Waals surface area contributed by atoms with Gasteiger partial charge in [-0.3, -0.25) is 0 Å². The Hall–Kier alpha value is -2.48. The Morgan fingerprint density at radius 2 is 2.05 bits per heavy atom. The van der Waals surface area contributed by atoms with Crippen molar-refractivity contribution in [1.82, 2.24) is 30.2 Å². The van der Waals surface area contributed by atoms with E-state index in [1.807, 2.05) is 38.1 Å². The lowest BCUT2D eigenvalue weighted by Crippen LogP contribution is -2.04. The Balaban J connectivity index is 1.86. The predicted octanol–water partition coefficient (Wildman–Crippen LogP) is 3.09. The van der Waals surface area contributed by atoms with E-state index < -0.39 is 0 Å². The lowest BCUT2D eigenvalue weighted by atomic mass is 10.2. The number of hydrogen-bond acceptors (Lipinski definition) is 7. The fraction of sp³-hybridized carbons (Fsp3) is 0.214. The number of aromatic nitrogens is 6. The van der Waals surface area contributed by atoms with Crippen LogP contribution in [0.15, 0.2) is 45.2 Å². The summed E-state index contributed by atoms with van der Waals surface area (Å²) in [5.41, 5.74) is 2.26. The van der Waals surface area contributed by atoms with E-state index in [0.29, 0.717) is 15.8 Å². The molecular weight excluding hydrogens is 300 g/mol. The number of furan rings is 1. The average molecular weight is 312 g/mol. The van der Waals surface area contributed by atoms with Gasteiger partial charge in [0.15, 0.2) is 10.6 Å². The minimum Gasteiger partial charge on any atom is -0.451 e. The van der Waals surface area contributed by atoms with E-state index >= 15 is 0 Å². The molecule has 0 amide bonds. The first-order valence-electron chi connectivity index (χ1n) is 6.82. The van der Waals surface area contributed by atoms with Gasteiger partial charge >= 0.3 is 0 Å². The van der Waals surface area contributed by atoms with Gasteiger partial charge in [0.1, 0.15) is 17.4 Å². The topological polar surface area (TPSA) is 82.5 Å². The van der Waals surface area contributed by atoms with Crippen LogP contribution in [0.5, 0.6) is 0 Å². The van der Waals surface area contributed by atoms with Crippen molar-refractivity contribution in [3.8, 4) is 0 Å². The quantitative estimate of drug-likeness (QED) is 0.537. The lowest BCUT2D eigenvalue weighted by Gasteiger charge is -2.06. The summed E-state index contributed by atoms with van der Waals surface area (Å²) in [5.74, 6) is 0. The van der Waals surface area contributed by atoms with Crippen LogP contribution >= 0.6 is 11.8 Å². The van der Waals surface area contributed by atoms with Gasteiger partial charge in [-0.2, -0.15) is 0 Å². The highest BCUT2D eigenvalue weighted by Gasteiger charge is 2.17. The number of nitrogens with zero attached hydrogens (tertiary/aromatic N) is 6. The molecule has 0 N–H and O–H groups in total. The Labute approximate surface area is 129 Å². The lowest BCUT2D eigenvalue weighted by molar-refractivity contribution is 0.477. The van der Waals surface area contributed by atoms with E-state index in [-0.39, 0.29) is 6.04 Å². The van der Waals surface area contributed by atoms with Gasteiger partial charge in [-0.05, 0) is 48.2 Å². The van der Waals surface area contributed by atoms with E-state index in [9.17, 15) is 0 Å². The van der Waals surface area contributed by atoms with E-state index in [0.717, 1.165) is 16.5 Å². The molecule has 8 heteroatoms. The summed E-state index contributed by atoms with van der Waals surface area (Å²) in [6.07, 6.45) is 1.54. The molecular formula is C14H12N6OS. The Kier molecular flexibility index (Phi) is 3.04. The number of tetrazole rings is 1. The molecule has 4 aromatic rings. The Morgan fingerprint density at radius 3 is 2.91 bits per heavy atom. The predicted molar refractivity (Wildman–Crippen MR) is 81.6 cm³/mol. The highest BCUT2D eigenvalue weighted by molar-refractivity contribution is 7.99. The van der Waals surface area contributed by atoms with Crippen LogP contribution in [0, 0.1) is 0 Å². The van der Waals surface area contributed by atoms with Gasteiger partial charge < -0.3 is 4.42 Å². The second kappa shape index (κ2) is 5.06. The largest absolute Gasteiger partial charge is 0.451 e. The standard InChI is InChI=1S/C14H12N6OS/c1-8(2)20-14(17-18-19-20)22-13-12-11(15-7-16-13)9-5-3-4-6-10(9)21-12/h3-8H,1-2H3. The van der Waals surface area contributed by atoms with Crippen LogP contribution in [0.3, 0.4) is 0 Å². The SMILES string of the molecule is CC(C)n1nnnc1Sc1ncnc2c1oc1ccccc12. The summed E-state index contributed by atoms with van der Waals surface area (Å²) in [5, 5.41) is 14.1. The molecule has 3 aromatic heterocycles. The number of hydrogen-bond donors (Lipinski definition) is 0. The molecule has 22 heavy (non-hydrogen) atoms. The van der Waals surface area contributed by atoms with E-state index in [4.69, 9.17) is 4.42 Å². The van der Waals surface area contributed by atoms with Crippen molar-refractivity contribution in [3.63, 3.8) is 0 Å². The zero-order valence-corrected chi connectivity index (χ0v) is 12.8. The molecule has 0 radical (unpaired) electrons. The normalized spacial score (nSPS) is 11.8. The third kappa shape index (κ3) is 2.03. The first-order chi connectivity index (χ1) is 10.7. The van der Waals surface area contributed by atoms with Gasteiger partial charge in [-0.15, -0.1) is 5.10 Å². The van der Waals surface area contributed by atoms with Crippen molar-refractivity contribution < 1.29 is 4.42 Å². The van der Waals surface area contributed by atoms with Crippen LogP contribution in [-0.2, 0) is 0 Å². The first-order valence-corrected chi connectivity index (χ1v) is 7.63. The van der Waals surface area contributed by atoms with E-state index in [1.54, 1.807) is 4.68 Å². The van der Waals surface area contributed by atoms with Crippen molar-refractivity contribution in [2.24, 2.45) is 0 Å². The summed E-state index contributed by atoms with van der Waals surface area (Å²) in [6.45, 7) is 4.05. The van der Waals surface area contributed by atoms with Crippen molar-refractivity contribution in [1.29, 1.82) is 0 Å². The molecule has 0 saturated carbocycles. The molecule has 4 rings (SSSR count). The summed E-state index contributed by atoms with van der Waals surface area (Å²) >= 11 is 1.38. The zero-order chi connectivity index (χ0) is 15.1. The Morgan fingerprint density at radius 1 is 1.18 bits per heavy atom. The molecule has 0 unspecified atom stereocenters. The van der Waals surface area contributed by atoms with Gasteiger partial charge in [-0.1, -0.05) is 12.1 Å². The molecule has 0 saturated heterocycles. The molecule has 7 nitrogen and oxygen atoms in total. The minimum atomic E-state index is 0.172. The summed E-state index contributed by atoms with van der Waals surface area (Å²) in [6, 6.07) is 7.98. The third-order valence-corrected chi connectivity index (χ3v) is 4.20. The Bertz CT molecular complexity index is 960. The number of fused-ring (bicyclic) bond motifs is 3. The van der Waals surface area contributed by atoms with E-state index in [1.165, 1.54) is 18.1 Å². The van der Waals surface area contributed by atoms with Gasteiger partial charge in [0.2, 0.25) is 5.16 Å². The van der Waals surface area contributed by atoms with Crippen molar-refractivity contribution in [2.45, 2.75) is 30.1 Å². The number of rotatable bonds is 3. The van der Waals surface area contributed by atoms with Crippen LogP contribution < -0.4 is 0 Å². The second-order valence-electron chi connectivity index (χ2n) is 5.06. The molecule has 0 fully saturated rings. The first kappa shape index (κ1) is 13.2. The summed E-state index contributed by atoms with van der Waals surface area (Å²) in [4.78, 5) is 8.67. The van der Waals surface area contributed by atoms with Crippen LogP contribution in [0.1, 0.15) is 19.9 Å². The van der Waals surface area contributed by atoms with Crippen molar-refractivity contribution >= 4 is 33.8 Å². The van der Waals surface area contributed by atoms with Gasteiger partial charge in [0.25, 0.3) is 0 Å². The van der Waals surface area contributed by atoms with Crippen LogP contribution in [0.2, 0.25) is 0 Å². The monoisotopic (exact) mass is 312 g/mol. The molecule has 0 bridgehead atoms. The maximum atomic E-state index is 5.91. The molecule has 0 spiro atoms. The fourth-order valence-electron chi connectivity index (χ4n) is 2.24. The summed E-state index contributed by atoms with van der Waals surface area (Å²) in [7, 11) is 0. The van der Waals surface area contributed by atoms with Crippen LogP contribution in [0.4, 0.5) is 0 Å². The summed E-state index contributed by atoms with van der Waals surface area (Å²) < 4.78 is 7.66. The number of para-hydroxylation sites is 1. The molecule has 3 heterocycles. The maximum Gasteiger partial charge on any atom is 0.215 e. The highest BCUT2D eigenvalue weighted by Crippen LogP contribution is 2.35. The third-order valence-electron chi connectivity index (χ3n) is 3.27. The molecule has 0 aliphatic heterocycles. The minimum absolute atomic E-state index is 0.172. The molecule has 1 aromatic carbocycles. The van der Waals surface area contributed by atoms with Crippen LogP contribution in [0.25, 0.3) is 22.1 Å². The maximum absolute atomic E-state index is 5.91. The van der Waals surface area contributed by atoms with Gasteiger partial charge in [0, 0.05) is 5.39 Å². The van der Waals surface area contributed by atoms with Crippen molar-refractivity contribution in [3.05, 3.63) is 30.6 Å². The molecule has 0 aliphatic carbocycles.